The summed E-state index contributed by atoms with van der Waals surface area (Å²) in [5, 5.41) is 13.5. The summed E-state index contributed by atoms with van der Waals surface area (Å²) in [6.07, 6.45) is 0. The van der Waals surface area contributed by atoms with Gasteiger partial charge in [0, 0.05) is 10.7 Å². The molecule has 1 amide bonds. The number of amides is 1. The van der Waals surface area contributed by atoms with E-state index in [1.54, 1.807) is 0 Å². The fraction of sp³-hybridized carbons (Fsp3) is 0.318. The summed E-state index contributed by atoms with van der Waals surface area (Å²) in [6, 6.07) is 11.3. The van der Waals surface area contributed by atoms with E-state index in [9.17, 15) is 4.79 Å². The van der Waals surface area contributed by atoms with Crippen molar-refractivity contribution >= 4 is 46.6 Å². The van der Waals surface area contributed by atoms with E-state index in [1.807, 2.05) is 68.9 Å². The topological polar surface area (TPSA) is 63.1 Å². The third-order valence-corrected chi connectivity index (χ3v) is 6.40. The van der Waals surface area contributed by atoms with Crippen molar-refractivity contribution in [3.8, 4) is 5.69 Å². The van der Waals surface area contributed by atoms with Crippen LogP contribution in [0.5, 0.6) is 0 Å². The molecule has 2 aromatic carbocycles. The van der Waals surface area contributed by atoms with Crippen molar-refractivity contribution in [1.82, 2.24) is 19.7 Å². The zero-order chi connectivity index (χ0) is 22.7. The van der Waals surface area contributed by atoms with Crippen LogP contribution in [-0.2, 0) is 4.79 Å². The average molecular weight is 478 g/mol. The van der Waals surface area contributed by atoms with Gasteiger partial charge in [-0.25, -0.2) is 0 Å². The number of hydrogen-bond acceptors (Lipinski definition) is 5. The van der Waals surface area contributed by atoms with Crippen LogP contribution in [0.25, 0.3) is 5.69 Å². The second-order valence-corrected chi connectivity index (χ2v) is 9.35. The van der Waals surface area contributed by atoms with E-state index in [1.165, 1.54) is 11.8 Å². The highest BCUT2D eigenvalue weighted by atomic mass is 35.5. The van der Waals surface area contributed by atoms with Gasteiger partial charge in [0.15, 0.2) is 11.0 Å². The molecule has 0 spiro atoms. The Morgan fingerprint density at radius 3 is 2.45 bits per heavy atom. The van der Waals surface area contributed by atoms with E-state index < -0.39 is 0 Å². The van der Waals surface area contributed by atoms with Gasteiger partial charge in [-0.05, 0) is 76.3 Å². The van der Waals surface area contributed by atoms with Crippen LogP contribution in [-0.4, -0.2) is 45.4 Å². The quantitative estimate of drug-likeness (QED) is 0.452. The van der Waals surface area contributed by atoms with Crippen LogP contribution in [0.1, 0.15) is 29.9 Å². The molecule has 0 bridgehead atoms. The molecule has 3 aromatic rings. The van der Waals surface area contributed by atoms with Crippen LogP contribution < -0.4 is 5.32 Å². The average Bonchev–Trinajstić information content (AvgIpc) is 3.12. The smallest absolute Gasteiger partial charge is 0.234 e. The van der Waals surface area contributed by atoms with Gasteiger partial charge < -0.3 is 5.32 Å². The number of carbonyl (C=O) groups is 1. The minimum Gasteiger partial charge on any atom is -0.324 e. The molecule has 31 heavy (non-hydrogen) atoms. The van der Waals surface area contributed by atoms with Crippen LogP contribution in [0.15, 0.2) is 41.6 Å². The van der Waals surface area contributed by atoms with Crippen molar-refractivity contribution in [2.75, 3.05) is 25.2 Å². The first-order valence-corrected chi connectivity index (χ1v) is 11.5. The maximum atomic E-state index is 12.6. The number of rotatable bonds is 7. The third-order valence-electron chi connectivity index (χ3n) is 4.92. The summed E-state index contributed by atoms with van der Waals surface area (Å²) in [4.78, 5) is 14.7. The van der Waals surface area contributed by atoms with E-state index in [2.05, 4.69) is 27.3 Å². The number of nitrogens with one attached hydrogen (secondary N) is 1. The van der Waals surface area contributed by atoms with E-state index in [0.717, 1.165) is 22.6 Å². The number of aromatic nitrogens is 3. The predicted molar refractivity (Wildman–Crippen MR) is 129 cm³/mol. The normalized spacial score (nSPS) is 12.3. The molecule has 0 aliphatic carbocycles. The maximum absolute atomic E-state index is 12.6. The molecule has 1 unspecified atom stereocenters. The molecular formula is C22H25Cl2N5OS. The Morgan fingerprint density at radius 1 is 1.16 bits per heavy atom. The molecule has 1 aromatic heterocycles. The number of anilines is 1. The molecule has 0 saturated carbocycles. The van der Waals surface area contributed by atoms with Gasteiger partial charge in [-0.3, -0.25) is 14.3 Å². The highest BCUT2D eigenvalue weighted by Gasteiger charge is 2.22. The van der Waals surface area contributed by atoms with Crippen LogP contribution in [0.3, 0.4) is 0 Å². The molecule has 0 radical (unpaired) electrons. The van der Waals surface area contributed by atoms with Gasteiger partial charge in [0.25, 0.3) is 0 Å². The van der Waals surface area contributed by atoms with Crippen molar-refractivity contribution in [2.45, 2.75) is 32.0 Å². The minimum absolute atomic E-state index is 0.0281. The first kappa shape index (κ1) is 23.6. The lowest BCUT2D eigenvalue weighted by atomic mass is 10.1. The number of thioether (sulfide) groups is 1. The van der Waals surface area contributed by atoms with Crippen molar-refractivity contribution < 1.29 is 4.79 Å². The van der Waals surface area contributed by atoms with Gasteiger partial charge in [-0.15, -0.1) is 10.2 Å². The summed E-state index contributed by atoms with van der Waals surface area (Å²) < 4.78 is 1.96. The third kappa shape index (κ3) is 5.60. The Kier molecular flexibility index (Phi) is 7.64. The molecule has 6 nitrogen and oxygen atoms in total. The molecule has 0 aliphatic rings. The Bertz CT molecular complexity index is 1060. The van der Waals surface area contributed by atoms with Gasteiger partial charge in [-0.1, -0.05) is 41.0 Å². The molecule has 9 heteroatoms. The number of aryl methyl sites for hydroxylation is 2. The van der Waals surface area contributed by atoms with Gasteiger partial charge in [0.2, 0.25) is 5.91 Å². The molecule has 3 rings (SSSR count). The lowest BCUT2D eigenvalue weighted by Crippen LogP contribution is -2.21. The Labute approximate surface area is 196 Å². The van der Waals surface area contributed by atoms with E-state index in [-0.39, 0.29) is 17.7 Å². The van der Waals surface area contributed by atoms with Crippen molar-refractivity contribution in [1.29, 1.82) is 0 Å². The van der Waals surface area contributed by atoms with Crippen molar-refractivity contribution in [2.24, 2.45) is 0 Å². The molecule has 0 aliphatic heterocycles. The number of carbonyl (C=O) groups excluding carboxylic acids is 1. The molecule has 1 atom stereocenters. The number of benzene rings is 2. The highest BCUT2D eigenvalue weighted by molar-refractivity contribution is 7.99. The number of nitrogens with zero attached hydrogens (tertiary/aromatic N) is 4. The first-order chi connectivity index (χ1) is 14.7. The van der Waals surface area contributed by atoms with Gasteiger partial charge in [0.1, 0.15) is 0 Å². The number of hydrogen-bond donors (Lipinski definition) is 1. The van der Waals surface area contributed by atoms with E-state index in [4.69, 9.17) is 23.2 Å². The molecule has 0 saturated heterocycles. The van der Waals surface area contributed by atoms with Crippen LogP contribution in [0.4, 0.5) is 5.69 Å². The SMILES string of the molecule is Cc1cc(C)c(NC(=O)CSc2nnc(C(C)N(C)C)n2-c2ccc(Cl)cc2)c(Cl)c1. The summed E-state index contributed by atoms with van der Waals surface area (Å²) in [7, 11) is 3.97. The Balaban J connectivity index is 1.83. The fourth-order valence-electron chi connectivity index (χ4n) is 3.09. The fourth-order valence-corrected chi connectivity index (χ4v) is 4.34. The van der Waals surface area contributed by atoms with Gasteiger partial charge in [-0.2, -0.15) is 0 Å². The summed E-state index contributed by atoms with van der Waals surface area (Å²) in [6.45, 7) is 5.95. The van der Waals surface area contributed by atoms with Crippen LogP contribution in [0.2, 0.25) is 10.0 Å². The predicted octanol–water partition coefficient (Wildman–Crippen LogP) is 5.54. The second-order valence-electron chi connectivity index (χ2n) is 7.57. The Morgan fingerprint density at radius 2 is 1.84 bits per heavy atom. The Hall–Kier alpha value is -2.06. The lowest BCUT2D eigenvalue weighted by Gasteiger charge is -2.20. The standard InChI is InChI=1S/C22H25Cl2N5OS/c1-13-10-14(2)20(18(24)11-13)25-19(30)12-31-22-27-26-21(15(3)28(4)5)29(22)17-8-6-16(23)7-9-17/h6-11,15H,12H2,1-5H3,(H,25,30). The lowest BCUT2D eigenvalue weighted by molar-refractivity contribution is -0.113. The highest BCUT2D eigenvalue weighted by Crippen LogP contribution is 2.29. The van der Waals surface area contributed by atoms with E-state index in [0.29, 0.717) is 20.9 Å². The molecule has 0 fully saturated rings. The summed E-state index contributed by atoms with van der Waals surface area (Å²) in [5.41, 5.74) is 3.50. The van der Waals surface area contributed by atoms with Crippen molar-refractivity contribution in [3.63, 3.8) is 0 Å². The second kappa shape index (κ2) is 10.0. The first-order valence-electron chi connectivity index (χ1n) is 9.74. The summed E-state index contributed by atoms with van der Waals surface area (Å²) >= 11 is 13.7. The molecule has 1 N–H and O–H groups in total. The van der Waals surface area contributed by atoms with Gasteiger partial charge in [0.05, 0.1) is 22.5 Å². The molecular weight excluding hydrogens is 453 g/mol. The monoisotopic (exact) mass is 477 g/mol. The van der Waals surface area contributed by atoms with Crippen molar-refractivity contribution in [3.05, 3.63) is 63.4 Å². The van der Waals surface area contributed by atoms with Crippen LogP contribution >= 0.6 is 35.0 Å². The zero-order valence-corrected chi connectivity index (χ0v) is 20.4. The molecule has 164 valence electrons. The largest absolute Gasteiger partial charge is 0.324 e. The van der Waals surface area contributed by atoms with E-state index >= 15 is 0 Å². The van der Waals surface area contributed by atoms with Gasteiger partial charge >= 0.3 is 0 Å². The molecule has 1 heterocycles. The van der Waals surface area contributed by atoms with Crippen LogP contribution in [0, 0.1) is 13.8 Å². The number of halogens is 2. The minimum atomic E-state index is -0.160. The maximum Gasteiger partial charge on any atom is 0.234 e. The summed E-state index contributed by atoms with van der Waals surface area (Å²) in [5.74, 6) is 0.797. The zero-order valence-electron chi connectivity index (χ0n) is 18.1.